The van der Waals surface area contributed by atoms with Crippen molar-refractivity contribution in [3.63, 3.8) is 0 Å². The Morgan fingerprint density at radius 1 is 1.53 bits per heavy atom. The zero-order valence-corrected chi connectivity index (χ0v) is 11.4. The van der Waals surface area contributed by atoms with Gasteiger partial charge >= 0.3 is 0 Å². The van der Waals surface area contributed by atoms with Gasteiger partial charge in [-0.2, -0.15) is 5.10 Å². The first-order valence-electron chi connectivity index (χ1n) is 5.72. The lowest BCUT2D eigenvalue weighted by atomic mass is 10.3. The van der Waals surface area contributed by atoms with E-state index in [1.807, 2.05) is 19.1 Å². The second-order valence-electron chi connectivity index (χ2n) is 4.02. The molecule has 100 valence electrons. The molecule has 1 aromatic carbocycles. The molecule has 2 aromatic rings. The summed E-state index contributed by atoms with van der Waals surface area (Å²) in [5.74, 6) is 0.521. The summed E-state index contributed by atoms with van der Waals surface area (Å²) in [7, 11) is 1.58. The number of methoxy groups -OCH3 is 1. The molecule has 0 aliphatic heterocycles. The van der Waals surface area contributed by atoms with Gasteiger partial charge in [-0.1, -0.05) is 17.7 Å². The second kappa shape index (κ2) is 5.75. The average Bonchev–Trinajstić information content (AvgIpc) is 2.71. The first kappa shape index (κ1) is 13.4. The average molecular weight is 280 g/mol. The first-order valence-corrected chi connectivity index (χ1v) is 6.10. The van der Waals surface area contributed by atoms with Crippen molar-refractivity contribution in [2.45, 2.75) is 13.5 Å². The molecule has 0 saturated carbocycles. The molecule has 0 atom stereocenters. The Balaban J connectivity index is 2.03. The number of amides is 1. The molecule has 0 aliphatic carbocycles. The highest BCUT2D eigenvalue weighted by molar-refractivity contribution is 6.31. The Hall–Kier alpha value is -2.01. The molecule has 0 spiro atoms. The van der Waals surface area contributed by atoms with Crippen LogP contribution in [0.2, 0.25) is 5.02 Å². The Morgan fingerprint density at radius 2 is 2.32 bits per heavy atom. The monoisotopic (exact) mass is 279 g/mol. The van der Waals surface area contributed by atoms with Crippen LogP contribution in [0.1, 0.15) is 5.69 Å². The van der Waals surface area contributed by atoms with Crippen LogP contribution < -0.4 is 10.1 Å². The van der Waals surface area contributed by atoms with E-state index >= 15 is 0 Å². The Kier molecular flexibility index (Phi) is 4.06. The molecular weight excluding hydrogens is 266 g/mol. The zero-order valence-electron chi connectivity index (χ0n) is 10.7. The molecule has 0 fully saturated rings. The molecule has 5 nitrogen and oxygen atoms in total. The van der Waals surface area contributed by atoms with Crippen molar-refractivity contribution in [2.75, 3.05) is 12.4 Å². The number of anilines is 1. The van der Waals surface area contributed by atoms with E-state index < -0.39 is 0 Å². The van der Waals surface area contributed by atoms with Crippen LogP contribution in [-0.2, 0) is 11.3 Å². The lowest BCUT2D eigenvalue weighted by molar-refractivity contribution is -0.116. The molecule has 0 saturated heterocycles. The van der Waals surface area contributed by atoms with Crippen LogP contribution in [0.15, 0.2) is 30.5 Å². The predicted molar refractivity (Wildman–Crippen MR) is 73.6 cm³/mol. The molecule has 6 heteroatoms. The number of carbonyl (C=O) groups excluding carboxylic acids is 1. The SMILES string of the molecule is COc1cccc(NC(=O)Cn2ncc(Cl)c2C)c1. The van der Waals surface area contributed by atoms with E-state index in [0.717, 1.165) is 5.69 Å². The number of aromatic nitrogens is 2. The Bertz CT molecular complexity index is 595. The first-order chi connectivity index (χ1) is 9.10. The van der Waals surface area contributed by atoms with Gasteiger partial charge in [0, 0.05) is 11.8 Å². The van der Waals surface area contributed by atoms with E-state index in [4.69, 9.17) is 16.3 Å². The number of rotatable bonds is 4. The largest absolute Gasteiger partial charge is 0.497 e. The quantitative estimate of drug-likeness (QED) is 0.935. The minimum atomic E-state index is -0.170. The summed E-state index contributed by atoms with van der Waals surface area (Å²) in [4.78, 5) is 11.9. The fourth-order valence-electron chi connectivity index (χ4n) is 1.62. The van der Waals surface area contributed by atoms with Crippen molar-refractivity contribution in [2.24, 2.45) is 0 Å². The number of hydrogen-bond donors (Lipinski definition) is 1. The van der Waals surface area contributed by atoms with Crippen molar-refractivity contribution >= 4 is 23.2 Å². The Morgan fingerprint density at radius 3 is 2.95 bits per heavy atom. The molecule has 0 unspecified atom stereocenters. The molecule has 0 aliphatic rings. The van der Waals surface area contributed by atoms with Crippen LogP contribution in [0.5, 0.6) is 5.75 Å². The fraction of sp³-hybridized carbons (Fsp3) is 0.231. The maximum Gasteiger partial charge on any atom is 0.246 e. The number of halogens is 1. The second-order valence-corrected chi connectivity index (χ2v) is 4.42. The topological polar surface area (TPSA) is 56.1 Å². The van der Waals surface area contributed by atoms with Gasteiger partial charge in [-0.05, 0) is 19.1 Å². The molecule has 19 heavy (non-hydrogen) atoms. The smallest absolute Gasteiger partial charge is 0.246 e. The fourth-order valence-corrected chi connectivity index (χ4v) is 1.76. The van der Waals surface area contributed by atoms with Gasteiger partial charge in [0.1, 0.15) is 12.3 Å². The van der Waals surface area contributed by atoms with Gasteiger partial charge in [0.25, 0.3) is 0 Å². The number of ether oxygens (including phenoxy) is 1. The maximum absolute atomic E-state index is 11.9. The van der Waals surface area contributed by atoms with Crippen LogP contribution in [0.3, 0.4) is 0 Å². The van der Waals surface area contributed by atoms with Gasteiger partial charge in [0.05, 0.1) is 24.0 Å². The van der Waals surface area contributed by atoms with Crippen LogP contribution in [0, 0.1) is 6.92 Å². The summed E-state index contributed by atoms with van der Waals surface area (Å²) in [6, 6.07) is 7.17. The predicted octanol–water partition coefficient (Wildman–Crippen LogP) is 2.49. The lowest BCUT2D eigenvalue weighted by Crippen LogP contribution is -2.20. The molecule has 1 aromatic heterocycles. The van der Waals surface area contributed by atoms with Gasteiger partial charge in [-0.25, -0.2) is 0 Å². The van der Waals surface area contributed by atoms with Crippen molar-refractivity contribution in [3.8, 4) is 5.75 Å². The van der Waals surface area contributed by atoms with E-state index in [-0.39, 0.29) is 12.5 Å². The lowest BCUT2D eigenvalue weighted by Gasteiger charge is -2.08. The van der Waals surface area contributed by atoms with Gasteiger partial charge in [0.15, 0.2) is 0 Å². The summed E-state index contributed by atoms with van der Waals surface area (Å²) >= 11 is 5.88. The highest BCUT2D eigenvalue weighted by Gasteiger charge is 2.09. The number of nitrogens with one attached hydrogen (secondary N) is 1. The minimum Gasteiger partial charge on any atom is -0.497 e. The Labute approximate surface area is 116 Å². The van der Waals surface area contributed by atoms with Gasteiger partial charge in [-0.15, -0.1) is 0 Å². The molecule has 0 bridgehead atoms. The van der Waals surface area contributed by atoms with E-state index in [1.165, 1.54) is 6.20 Å². The van der Waals surface area contributed by atoms with E-state index in [9.17, 15) is 4.79 Å². The summed E-state index contributed by atoms with van der Waals surface area (Å²) in [6.45, 7) is 1.93. The van der Waals surface area contributed by atoms with E-state index in [0.29, 0.717) is 16.5 Å². The summed E-state index contributed by atoms with van der Waals surface area (Å²) < 4.78 is 6.64. The van der Waals surface area contributed by atoms with Crippen molar-refractivity contribution < 1.29 is 9.53 Å². The molecule has 2 rings (SSSR count). The number of benzene rings is 1. The summed E-state index contributed by atoms with van der Waals surface area (Å²) in [5.41, 5.74) is 1.45. The highest BCUT2D eigenvalue weighted by Crippen LogP contribution is 2.17. The maximum atomic E-state index is 11.9. The van der Waals surface area contributed by atoms with Gasteiger partial charge in [-0.3, -0.25) is 9.48 Å². The molecule has 1 heterocycles. The summed E-state index contributed by atoms with van der Waals surface area (Å²) in [6.07, 6.45) is 1.52. The number of nitrogens with zero attached hydrogens (tertiary/aromatic N) is 2. The van der Waals surface area contributed by atoms with E-state index in [1.54, 1.807) is 23.9 Å². The van der Waals surface area contributed by atoms with Crippen molar-refractivity contribution in [1.82, 2.24) is 9.78 Å². The van der Waals surface area contributed by atoms with Crippen LogP contribution in [0.25, 0.3) is 0 Å². The van der Waals surface area contributed by atoms with Crippen LogP contribution >= 0.6 is 11.6 Å². The molecule has 0 radical (unpaired) electrons. The van der Waals surface area contributed by atoms with Crippen LogP contribution in [-0.4, -0.2) is 22.8 Å². The zero-order chi connectivity index (χ0) is 13.8. The van der Waals surface area contributed by atoms with Crippen molar-refractivity contribution in [1.29, 1.82) is 0 Å². The third-order valence-electron chi connectivity index (χ3n) is 2.69. The molecule has 1 amide bonds. The highest BCUT2D eigenvalue weighted by atomic mass is 35.5. The van der Waals surface area contributed by atoms with Crippen LogP contribution in [0.4, 0.5) is 5.69 Å². The minimum absolute atomic E-state index is 0.121. The number of carbonyl (C=O) groups is 1. The van der Waals surface area contributed by atoms with Crippen molar-refractivity contribution in [3.05, 3.63) is 41.2 Å². The summed E-state index contributed by atoms with van der Waals surface area (Å²) in [5, 5.41) is 7.36. The molecular formula is C13H14ClN3O2. The van der Waals surface area contributed by atoms with Gasteiger partial charge in [0.2, 0.25) is 5.91 Å². The van der Waals surface area contributed by atoms with E-state index in [2.05, 4.69) is 10.4 Å². The third-order valence-corrected chi connectivity index (χ3v) is 3.06. The normalized spacial score (nSPS) is 10.3. The standard InChI is InChI=1S/C13H14ClN3O2/c1-9-12(14)7-15-17(9)8-13(18)16-10-4-3-5-11(6-10)19-2/h3-7H,8H2,1-2H3,(H,16,18). The number of hydrogen-bond acceptors (Lipinski definition) is 3. The third kappa shape index (κ3) is 3.26. The molecule has 1 N–H and O–H groups in total. The van der Waals surface area contributed by atoms with Gasteiger partial charge < -0.3 is 10.1 Å².